The van der Waals surface area contributed by atoms with Crippen LogP contribution < -0.4 is 5.32 Å². The number of nitrogens with one attached hydrogen (secondary N) is 1. The van der Waals surface area contributed by atoms with Crippen molar-refractivity contribution < 1.29 is 4.79 Å². The summed E-state index contributed by atoms with van der Waals surface area (Å²) in [6.45, 7) is 12.0. The summed E-state index contributed by atoms with van der Waals surface area (Å²) in [5.74, 6) is 0. The highest BCUT2D eigenvalue weighted by Gasteiger charge is 2.19. The molecule has 0 amide bonds. The highest BCUT2D eigenvalue weighted by Crippen LogP contribution is 2.21. The van der Waals surface area contributed by atoms with Crippen molar-refractivity contribution in [3.63, 3.8) is 0 Å². The predicted octanol–water partition coefficient (Wildman–Crippen LogP) is 6.32. The van der Waals surface area contributed by atoms with Crippen LogP contribution in [0, 0.1) is 13.8 Å². The van der Waals surface area contributed by atoms with Crippen molar-refractivity contribution in [2.45, 2.75) is 40.2 Å². The Bertz CT molecular complexity index is 981. The van der Waals surface area contributed by atoms with Crippen LogP contribution in [0.4, 0.5) is 5.69 Å². The predicted molar refractivity (Wildman–Crippen MR) is 130 cm³/mol. The number of benzene rings is 1. The molecule has 2 aromatic rings. The van der Waals surface area contributed by atoms with Crippen LogP contribution in [-0.4, -0.2) is 23.0 Å². The third kappa shape index (κ3) is 6.49. The standard InChI is InChI=1S/C23H23N3OS.C2H6/c1-16(13-14-21-17(2)28-18(3)25-21)24-23(15-27)20-11-7-8-12-22(20)26-19-9-5-4-6-10-19;1-2/h4-11,13-15,22,26H,1,12H2,2-3H3;1-2H3/b14-13-,24-23?;. The molecule has 1 unspecified atom stereocenters. The Morgan fingerprint density at radius 3 is 2.63 bits per heavy atom. The highest BCUT2D eigenvalue weighted by molar-refractivity contribution is 7.11. The molecule has 0 spiro atoms. The van der Waals surface area contributed by atoms with Crippen molar-refractivity contribution >= 4 is 35.1 Å². The van der Waals surface area contributed by atoms with Gasteiger partial charge in [0.05, 0.1) is 22.4 Å². The van der Waals surface area contributed by atoms with Gasteiger partial charge in [0.15, 0.2) is 6.29 Å². The third-order valence-corrected chi connectivity index (χ3v) is 5.22. The van der Waals surface area contributed by atoms with Crippen molar-refractivity contribution in [3.8, 4) is 0 Å². The number of carbonyl (C=O) groups excluding carboxylic acids is 1. The summed E-state index contributed by atoms with van der Waals surface area (Å²) in [6.07, 6.45) is 11.2. The number of aryl methyl sites for hydroxylation is 2. The number of rotatable bonds is 7. The summed E-state index contributed by atoms with van der Waals surface area (Å²) >= 11 is 1.65. The second kappa shape index (κ2) is 11.8. The molecule has 1 N–H and O–H groups in total. The summed E-state index contributed by atoms with van der Waals surface area (Å²) in [5, 5.41) is 4.49. The van der Waals surface area contributed by atoms with Crippen LogP contribution in [0.1, 0.15) is 35.8 Å². The Hall–Kier alpha value is -3.05. The molecule has 0 radical (unpaired) electrons. The molecule has 1 aromatic heterocycles. The van der Waals surface area contributed by atoms with E-state index in [0.29, 0.717) is 11.4 Å². The summed E-state index contributed by atoms with van der Waals surface area (Å²) in [4.78, 5) is 21.9. The van der Waals surface area contributed by atoms with Gasteiger partial charge in [-0.15, -0.1) is 11.3 Å². The van der Waals surface area contributed by atoms with Crippen LogP contribution >= 0.6 is 11.3 Å². The number of hydrogen-bond acceptors (Lipinski definition) is 5. The van der Waals surface area contributed by atoms with Crippen LogP contribution in [0.25, 0.3) is 6.08 Å². The molecule has 3 rings (SSSR count). The van der Waals surface area contributed by atoms with E-state index in [1.807, 2.05) is 76.3 Å². The number of nitrogens with zero attached hydrogens (tertiary/aromatic N) is 2. The molecule has 1 aliphatic rings. The second-order valence-corrected chi connectivity index (χ2v) is 7.87. The van der Waals surface area contributed by atoms with Gasteiger partial charge in [-0.05, 0) is 44.6 Å². The minimum atomic E-state index is -0.0171. The number of hydrogen-bond donors (Lipinski definition) is 1. The molecule has 156 valence electrons. The quantitative estimate of drug-likeness (QED) is 0.324. The topological polar surface area (TPSA) is 54.4 Å². The molecule has 5 heteroatoms. The van der Waals surface area contributed by atoms with Gasteiger partial charge in [0.2, 0.25) is 0 Å². The first-order chi connectivity index (χ1) is 14.6. The normalized spacial score (nSPS) is 15.9. The molecule has 4 nitrogen and oxygen atoms in total. The molecular weight excluding hydrogens is 390 g/mol. The number of carbonyl (C=O) groups is 1. The molecule has 0 saturated heterocycles. The van der Waals surface area contributed by atoms with Crippen LogP contribution in [0.3, 0.4) is 0 Å². The molecule has 1 heterocycles. The van der Waals surface area contributed by atoms with Crippen LogP contribution in [0.15, 0.2) is 77.5 Å². The first-order valence-corrected chi connectivity index (χ1v) is 10.9. The van der Waals surface area contributed by atoms with E-state index < -0.39 is 0 Å². The number of aliphatic imine (C=N–C) groups is 1. The molecule has 1 aliphatic carbocycles. The molecule has 0 saturated carbocycles. The average Bonchev–Trinajstić information content (AvgIpc) is 3.10. The van der Waals surface area contributed by atoms with Gasteiger partial charge in [-0.3, -0.25) is 4.79 Å². The summed E-state index contributed by atoms with van der Waals surface area (Å²) in [5.41, 5.74) is 3.68. The van der Waals surface area contributed by atoms with E-state index in [2.05, 4.69) is 27.9 Å². The number of anilines is 1. The Morgan fingerprint density at radius 2 is 2.00 bits per heavy atom. The monoisotopic (exact) mass is 419 g/mol. The number of aldehydes is 1. The van der Waals surface area contributed by atoms with E-state index in [-0.39, 0.29) is 6.04 Å². The lowest BCUT2D eigenvalue weighted by Gasteiger charge is -2.23. The molecule has 0 aliphatic heterocycles. The molecule has 1 aromatic carbocycles. The maximum Gasteiger partial charge on any atom is 0.168 e. The lowest BCUT2D eigenvalue weighted by molar-refractivity contribution is -0.102. The van der Waals surface area contributed by atoms with Gasteiger partial charge in [0, 0.05) is 16.1 Å². The van der Waals surface area contributed by atoms with Gasteiger partial charge in [-0.25, -0.2) is 9.98 Å². The molecule has 1 atom stereocenters. The summed E-state index contributed by atoms with van der Waals surface area (Å²) in [6, 6.07) is 9.93. The Morgan fingerprint density at radius 1 is 1.27 bits per heavy atom. The minimum Gasteiger partial charge on any atom is -0.378 e. The zero-order valence-corrected chi connectivity index (χ0v) is 18.9. The van der Waals surface area contributed by atoms with E-state index in [4.69, 9.17) is 0 Å². The fraction of sp³-hybridized carbons (Fsp3) is 0.240. The maximum absolute atomic E-state index is 11.8. The fourth-order valence-electron chi connectivity index (χ4n) is 2.99. The third-order valence-electron chi connectivity index (χ3n) is 4.32. The van der Waals surface area contributed by atoms with Crippen LogP contribution in [-0.2, 0) is 4.79 Å². The largest absolute Gasteiger partial charge is 0.378 e. The highest BCUT2D eigenvalue weighted by atomic mass is 32.1. The zero-order chi connectivity index (χ0) is 21.9. The maximum atomic E-state index is 11.8. The lowest BCUT2D eigenvalue weighted by Crippen LogP contribution is -2.28. The van der Waals surface area contributed by atoms with Crippen molar-refractivity contribution in [3.05, 3.63) is 88.1 Å². The Balaban J connectivity index is 0.00000155. The fourth-order valence-corrected chi connectivity index (χ4v) is 3.80. The molecule has 0 bridgehead atoms. The van der Waals surface area contributed by atoms with E-state index in [1.54, 1.807) is 17.4 Å². The van der Waals surface area contributed by atoms with Crippen molar-refractivity contribution in [2.75, 3.05) is 5.32 Å². The van der Waals surface area contributed by atoms with E-state index in [1.165, 1.54) is 0 Å². The average molecular weight is 420 g/mol. The van der Waals surface area contributed by atoms with E-state index >= 15 is 0 Å². The van der Waals surface area contributed by atoms with E-state index in [0.717, 1.165) is 39.5 Å². The van der Waals surface area contributed by atoms with Gasteiger partial charge < -0.3 is 5.32 Å². The molecular formula is C25H29N3OS. The van der Waals surface area contributed by atoms with Gasteiger partial charge in [0.25, 0.3) is 0 Å². The Kier molecular flexibility index (Phi) is 9.16. The first kappa shape index (κ1) is 23.2. The van der Waals surface area contributed by atoms with Crippen molar-refractivity contribution in [1.29, 1.82) is 0 Å². The van der Waals surface area contributed by atoms with Gasteiger partial charge in [-0.1, -0.05) is 56.9 Å². The van der Waals surface area contributed by atoms with Crippen molar-refractivity contribution in [1.82, 2.24) is 4.98 Å². The lowest BCUT2D eigenvalue weighted by atomic mass is 9.94. The van der Waals surface area contributed by atoms with Gasteiger partial charge in [-0.2, -0.15) is 0 Å². The van der Waals surface area contributed by atoms with Crippen LogP contribution in [0.5, 0.6) is 0 Å². The number of para-hydroxylation sites is 1. The summed E-state index contributed by atoms with van der Waals surface area (Å²) in [7, 11) is 0. The van der Waals surface area contributed by atoms with Crippen LogP contribution in [0.2, 0.25) is 0 Å². The van der Waals surface area contributed by atoms with Crippen molar-refractivity contribution in [2.24, 2.45) is 4.99 Å². The molecule has 0 fully saturated rings. The SMILES string of the molecule is C=C(/C=C\c1nc(C)sc1C)N=C(C=O)C1=CC=CCC1Nc1ccccc1.CC. The van der Waals surface area contributed by atoms with Gasteiger partial charge in [0.1, 0.15) is 5.71 Å². The first-order valence-electron chi connectivity index (χ1n) is 10.1. The summed E-state index contributed by atoms with van der Waals surface area (Å²) < 4.78 is 0. The van der Waals surface area contributed by atoms with Gasteiger partial charge >= 0.3 is 0 Å². The number of aromatic nitrogens is 1. The van der Waals surface area contributed by atoms with E-state index in [9.17, 15) is 4.79 Å². The zero-order valence-electron chi connectivity index (χ0n) is 18.1. The Labute approximate surface area is 183 Å². The number of allylic oxidation sites excluding steroid dienone is 3. The number of thiazole rings is 1. The molecule has 30 heavy (non-hydrogen) atoms. The smallest absolute Gasteiger partial charge is 0.168 e. The minimum absolute atomic E-state index is 0.0171. The second-order valence-electron chi connectivity index (χ2n) is 6.46.